The highest BCUT2D eigenvalue weighted by Gasteiger charge is 2.16. The number of benzene rings is 1. The van der Waals surface area contributed by atoms with Crippen LogP contribution in [0.2, 0.25) is 5.02 Å². The van der Waals surface area contributed by atoms with Crippen molar-refractivity contribution in [2.45, 2.75) is 52.7 Å². The summed E-state index contributed by atoms with van der Waals surface area (Å²) < 4.78 is 5.24. The molecule has 0 saturated heterocycles. The Morgan fingerprint density at radius 2 is 1.95 bits per heavy atom. The Morgan fingerprint density at radius 1 is 1.29 bits per heavy atom. The lowest BCUT2D eigenvalue weighted by atomic mass is 10.1. The molecule has 4 heteroatoms. The third-order valence-electron chi connectivity index (χ3n) is 3.32. The zero-order valence-electron chi connectivity index (χ0n) is 14.2. The molecule has 0 heterocycles. The second-order valence-electron chi connectivity index (χ2n) is 6.66. The van der Waals surface area contributed by atoms with Crippen LogP contribution in [0.1, 0.15) is 40.2 Å². The van der Waals surface area contributed by atoms with Crippen LogP contribution in [0.3, 0.4) is 0 Å². The van der Waals surface area contributed by atoms with Gasteiger partial charge in [0.05, 0.1) is 6.61 Å². The molecule has 0 aromatic heterocycles. The fraction of sp³-hybridized carbons (Fsp3) is 0.647. The lowest BCUT2D eigenvalue weighted by molar-refractivity contribution is 0.203. The molecule has 0 saturated carbocycles. The summed E-state index contributed by atoms with van der Waals surface area (Å²) >= 11 is 6.18. The largest absolute Gasteiger partial charge is 0.383 e. The minimum atomic E-state index is 0.0782. The molecule has 0 aliphatic rings. The maximum atomic E-state index is 6.18. The van der Waals surface area contributed by atoms with Crippen molar-refractivity contribution in [1.29, 1.82) is 0 Å². The Labute approximate surface area is 134 Å². The molecule has 0 unspecified atom stereocenters. The smallest absolute Gasteiger partial charge is 0.0637 e. The SMILES string of the molecule is COCCN(c1ccc(Cl)cc1CNC(C)(C)C)C(C)C. The highest BCUT2D eigenvalue weighted by atomic mass is 35.5. The molecule has 1 aromatic rings. The van der Waals surface area contributed by atoms with E-state index in [0.29, 0.717) is 12.6 Å². The Hall–Kier alpha value is -0.770. The zero-order chi connectivity index (χ0) is 16.0. The van der Waals surface area contributed by atoms with Crippen molar-refractivity contribution in [2.75, 3.05) is 25.2 Å². The molecule has 0 amide bonds. The summed E-state index contributed by atoms with van der Waals surface area (Å²) in [6.07, 6.45) is 0. The second kappa shape index (κ2) is 8.02. The molecular weight excluding hydrogens is 284 g/mol. The number of rotatable bonds is 7. The highest BCUT2D eigenvalue weighted by molar-refractivity contribution is 6.30. The second-order valence-corrected chi connectivity index (χ2v) is 7.09. The van der Waals surface area contributed by atoms with E-state index < -0.39 is 0 Å². The van der Waals surface area contributed by atoms with E-state index in [4.69, 9.17) is 16.3 Å². The van der Waals surface area contributed by atoms with Crippen LogP contribution in [0.4, 0.5) is 5.69 Å². The van der Waals surface area contributed by atoms with E-state index >= 15 is 0 Å². The van der Waals surface area contributed by atoms with Crippen LogP contribution in [-0.4, -0.2) is 31.8 Å². The zero-order valence-corrected chi connectivity index (χ0v) is 14.9. The first-order chi connectivity index (χ1) is 9.74. The van der Waals surface area contributed by atoms with Gasteiger partial charge < -0.3 is 15.0 Å². The molecule has 0 radical (unpaired) electrons. The van der Waals surface area contributed by atoms with Gasteiger partial charge in [-0.2, -0.15) is 0 Å². The van der Waals surface area contributed by atoms with Gasteiger partial charge in [-0.15, -0.1) is 0 Å². The van der Waals surface area contributed by atoms with Gasteiger partial charge in [0, 0.05) is 42.5 Å². The van der Waals surface area contributed by atoms with E-state index in [1.165, 1.54) is 11.3 Å². The number of anilines is 1. The molecular formula is C17H29ClN2O. The molecule has 1 rings (SSSR count). The van der Waals surface area contributed by atoms with E-state index in [-0.39, 0.29) is 5.54 Å². The summed E-state index contributed by atoms with van der Waals surface area (Å²) in [5.41, 5.74) is 2.53. The van der Waals surface area contributed by atoms with E-state index in [9.17, 15) is 0 Å². The number of methoxy groups -OCH3 is 1. The summed E-state index contributed by atoms with van der Waals surface area (Å²) in [5, 5.41) is 4.32. The van der Waals surface area contributed by atoms with Gasteiger partial charge in [0.1, 0.15) is 0 Å². The van der Waals surface area contributed by atoms with Crippen LogP contribution in [0.15, 0.2) is 18.2 Å². The monoisotopic (exact) mass is 312 g/mol. The van der Waals surface area contributed by atoms with Gasteiger partial charge in [0.25, 0.3) is 0 Å². The number of hydrogen-bond donors (Lipinski definition) is 1. The summed E-state index contributed by atoms with van der Waals surface area (Å²) in [7, 11) is 1.74. The molecule has 0 aliphatic carbocycles. The molecule has 120 valence electrons. The number of ether oxygens (including phenoxy) is 1. The molecule has 0 aliphatic heterocycles. The summed E-state index contributed by atoms with van der Waals surface area (Å²) in [4.78, 5) is 2.36. The van der Waals surface area contributed by atoms with Crippen molar-refractivity contribution in [3.63, 3.8) is 0 Å². The van der Waals surface area contributed by atoms with Crippen molar-refractivity contribution < 1.29 is 4.74 Å². The molecule has 0 spiro atoms. The summed E-state index contributed by atoms with van der Waals surface area (Å²) in [6.45, 7) is 13.3. The fourth-order valence-corrected chi connectivity index (χ4v) is 2.38. The number of nitrogens with one attached hydrogen (secondary N) is 1. The predicted molar refractivity (Wildman–Crippen MR) is 92.4 cm³/mol. The topological polar surface area (TPSA) is 24.5 Å². The van der Waals surface area contributed by atoms with Crippen molar-refractivity contribution in [3.05, 3.63) is 28.8 Å². The molecule has 1 N–H and O–H groups in total. The van der Waals surface area contributed by atoms with Gasteiger partial charge >= 0.3 is 0 Å². The maximum absolute atomic E-state index is 6.18. The molecule has 1 aromatic carbocycles. The van der Waals surface area contributed by atoms with Crippen molar-refractivity contribution in [3.8, 4) is 0 Å². The van der Waals surface area contributed by atoms with Crippen molar-refractivity contribution >= 4 is 17.3 Å². The Morgan fingerprint density at radius 3 is 2.48 bits per heavy atom. The molecule has 0 atom stereocenters. The average molecular weight is 313 g/mol. The number of nitrogens with zero attached hydrogens (tertiary/aromatic N) is 1. The average Bonchev–Trinajstić information content (AvgIpc) is 2.37. The number of halogens is 1. The van der Waals surface area contributed by atoms with Crippen LogP contribution in [0, 0.1) is 0 Å². The lowest BCUT2D eigenvalue weighted by Gasteiger charge is -2.32. The van der Waals surface area contributed by atoms with Crippen molar-refractivity contribution in [1.82, 2.24) is 5.32 Å². The van der Waals surface area contributed by atoms with Crippen molar-refractivity contribution in [2.24, 2.45) is 0 Å². The first-order valence-electron chi connectivity index (χ1n) is 7.53. The Bertz CT molecular complexity index is 441. The fourth-order valence-electron chi connectivity index (χ4n) is 2.18. The lowest BCUT2D eigenvalue weighted by Crippen LogP contribution is -2.37. The van der Waals surface area contributed by atoms with E-state index in [2.05, 4.69) is 57.0 Å². The normalized spacial score (nSPS) is 12.0. The predicted octanol–water partition coefficient (Wildman–Crippen LogP) is 4.09. The highest BCUT2D eigenvalue weighted by Crippen LogP contribution is 2.26. The molecule has 0 fully saturated rings. The maximum Gasteiger partial charge on any atom is 0.0637 e. The molecule has 3 nitrogen and oxygen atoms in total. The third-order valence-corrected chi connectivity index (χ3v) is 3.55. The first kappa shape index (κ1) is 18.3. The van der Waals surface area contributed by atoms with Gasteiger partial charge in [-0.25, -0.2) is 0 Å². The van der Waals surface area contributed by atoms with Gasteiger partial charge in [0.15, 0.2) is 0 Å². The Kier molecular flexibility index (Phi) is 6.98. The van der Waals surface area contributed by atoms with E-state index in [1.54, 1.807) is 7.11 Å². The van der Waals surface area contributed by atoms with Gasteiger partial charge in [0.2, 0.25) is 0 Å². The number of hydrogen-bond acceptors (Lipinski definition) is 3. The van der Waals surface area contributed by atoms with Crippen LogP contribution >= 0.6 is 11.6 Å². The van der Waals surface area contributed by atoms with Crippen LogP contribution in [0.5, 0.6) is 0 Å². The van der Waals surface area contributed by atoms with E-state index in [1.807, 2.05) is 6.07 Å². The van der Waals surface area contributed by atoms with Crippen LogP contribution in [0.25, 0.3) is 0 Å². The standard InChI is InChI=1S/C17H29ClN2O/c1-13(2)20(9-10-21-6)16-8-7-15(18)11-14(16)12-19-17(3,4)5/h7-8,11,13,19H,9-10,12H2,1-6H3. The molecule has 0 bridgehead atoms. The first-order valence-corrected chi connectivity index (χ1v) is 7.91. The van der Waals surface area contributed by atoms with Gasteiger partial charge in [-0.3, -0.25) is 0 Å². The molecule has 21 heavy (non-hydrogen) atoms. The van der Waals surface area contributed by atoms with Gasteiger partial charge in [-0.1, -0.05) is 11.6 Å². The quantitative estimate of drug-likeness (QED) is 0.820. The third kappa shape index (κ3) is 6.25. The van der Waals surface area contributed by atoms with Crippen LogP contribution < -0.4 is 10.2 Å². The van der Waals surface area contributed by atoms with E-state index in [0.717, 1.165) is 18.1 Å². The summed E-state index contributed by atoms with van der Waals surface area (Å²) in [6, 6.07) is 6.53. The summed E-state index contributed by atoms with van der Waals surface area (Å²) in [5.74, 6) is 0. The van der Waals surface area contributed by atoms with Gasteiger partial charge in [-0.05, 0) is 58.4 Å². The minimum absolute atomic E-state index is 0.0782. The minimum Gasteiger partial charge on any atom is -0.383 e. The Balaban J connectivity index is 3.02. The van der Waals surface area contributed by atoms with Crippen LogP contribution in [-0.2, 0) is 11.3 Å².